The normalized spacial score (nSPS) is 23.8. The van der Waals surface area contributed by atoms with Gasteiger partial charge in [-0.2, -0.15) is 0 Å². The molecule has 0 radical (unpaired) electrons. The van der Waals surface area contributed by atoms with Gasteiger partial charge in [0.1, 0.15) is 5.75 Å². The Morgan fingerprint density at radius 1 is 1.19 bits per heavy atom. The number of amides is 1. The number of nitrogens with two attached hydrogens (primary N) is 1. The van der Waals surface area contributed by atoms with Crippen molar-refractivity contribution >= 4 is 11.6 Å². The number of nitrogens with one attached hydrogen (secondary N) is 1. The molecule has 4 heteroatoms. The Balaban J connectivity index is 2.14. The summed E-state index contributed by atoms with van der Waals surface area (Å²) in [6.45, 7) is 2.41. The van der Waals surface area contributed by atoms with Crippen LogP contribution in [-0.4, -0.2) is 12.5 Å². The van der Waals surface area contributed by atoms with Crippen molar-refractivity contribution in [3.8, 4) is 5.75 Å². The highest BCUT2D eigenvalue weighted by molar-refractivity contribution is 5.91. The fourth-order valence-electron chi connectivity index (χ4n) is 2.90. The van der Waals surface area contributed by atoms with Gasteiger partial charge in [-0.3, -0.25) is 4.79 Å². The van der Waals surface area contributed by atoms with Crippen molar-refractivity contribution in [1.82, 2.24) is 0 Å². The fraction of sp³-hybridized carbons (Fsp3) is 0.235. The van der Waals surface area contributed by atoms with Crippen molar-refractivity contribution in [2.24, 2.45) is 11.7 Å². The van der Waals surface area contributed by atoms with Gasteiger partial charge in [0.25, 0.3) is 0 Å². The van der Waals surface area contributed by atoms with Crippen LogP contribution in [0.2, 0.25) is 0 Å². The fourth-order valence-corrected chi connectivity index (χ4v) is 2.90. The molecule has 0 bridgehead atoms. The molecule has 2 aromatic carbocycles. The van der Waals surface area contributed by atoms with E-state index in [0.29, 0.717) is 12.4 Å². The maximum atomic E-state index is 12.4. The van der Waals surface area contributed by atoms with Crippen LogP contribution in [0.5, 0.6) is 5.75 Å². The highest BCUT2D eigenvalue weighted by atomic mass is 16.5. The molecule has 0 saturated heterocycles. The topological polar surface area (TPSA) is 64.3 Å². The minimum absolute atomic E-state index is 0.0786. The van der Waals surface area contributed by atoms with E-state index in [9.17, 15) is 4.79 Å². The summed E-state index contributed by atoms with van der Waals surface area (Å²) in [6, 6.07) is 17.2. The van der Waals surface area contributed by atoms with Gasteiger partial charge in [-0.1, -0.05) is 43.3 Å². The first kappa shape index (κ1) is 13.5. The van der Waals surface area contributed by atoms with Crippen molar-refractivity contribution in [3.05, 3.63) is 60.2 Å². The van der Waals surface area contributed by atoms with E-state index in [4.69, 9.17) is 10.5 Å². The van der Waals surface area contributed by atoms with Crippen LogP contribution in [0.1, 0.15) is 12.5 Å². The Labute approximate surface area is 123 Å². The zero-order chi connectivity index (χ0) is 14.9. The van der Waals surface area contributed by atoms with Crippen molar-refractivity contribution < 1.29 is 9.53 Å². The van der Waals surface area contributed by atoms with Gasteiger partial charge in [0.2, 0.25) is 5.91 Å². The second-order valence-corrected chi connectivity index (χ2v) is 5.37. The lowest BCUT2D eigenvalue weighted by Crippen LogP contribution is -2.56. The maximum Gasteiger partial charge on any atom is 0.248 e. The van der Waals surface area contributed by atoms with E-state index in [-0.39, 0.29) is 5.92 Å². The number of fused-ring (bicyclic) bond motifs is 1. The molecule has 0 fully saturated rings. The quantitative estimate of drug-likeness (QED) is 0.909. The molecule has 3 N–H and O–H groups in total. The number of hydrogen-bond donors (Lipinski definition) is 2. The number of benzene rings is 2. The third kappa shape index (κ3) is 2.13. The summed E-state index contributed by atoms with van der Waals surface area (Å²) < 4.78 is 5.73. The minimum atomic E-state index is -0.962. The van der Waals surface area contributed by atoms with Gasteiger partial charge >= 0.3 is 0 Å². The van der Waals surface area contributed by atoms with Gasteiger partial charge in [-0.05, 0) is 18.2 Å². The van der Waals surface area contributed by atoms with Gasteiger partial charge in [0, 0.05) is 17.2 Å². The van der Waals surface area contributed by atoms with Crippen molar-refractivity contribution in [3.63, 3.8) is 0 Å². The van der Waals surface area contributed by atoms with Gasteiger partial charge in [0.15, 0.2) is 5.54 Å². The van der Waals surface area contributed by atoms with Crippen LogP contribution >= 0.6 is 0 Å². The third-order valence-electron chi connectivity index (χ3n) is 4.04. The Hall–Kier alpha value is -2.49. The molecule has 3 rings (SSSR count). The molecule has 1 amide bonds. The summed E-state index contributed by atoms with van der Waals surface area (Å²) in [5.74, 6) is 0.234. The summed E-state index contributed by atoms with van der Waals surface area (Å²) in [6.07, 6.45) is 0. The van der Waals surface area contributed by atoms with Crippen LogP contribution in [0.3, 0.4) is 0 Å². The summed E-state index contributed by atoms with van der Waals surface area (Å²) >= 11 is 0. The van der Waals surface area contributed by atoms with Gasteiger partial charge in [-0.25, -0.2) is 0 Å². The molecule has 2 aromatic rings. The van der Waals surface area contributed by atoms with E-state index in [0.717, 1.165) is 11.3 Å². The predicted molar refractivity (Wildman–Crippen MR) is 82.0 cm³/mol. The Morgan fingerprint density at radius 2 is 1.86 bits per heavy atom. The van der Waals surface area contributed by atoms with Gasteiger partial charge in [-0.15, -0.1) is 0 Å². The molecule has 1 heterocycles. The van der Waals surface area contributed by atoms with Gasteiger partial charge < -0.3 is 15.8 Å². The monoisotopic (exact) mass is 282 g/mol. The number of anilines is 1. The van der Waals surface area contributed by atoms with Gasteiger partial charge in [0.05, 0.1) is 6.61 Å². The first-order valence-electron chi connectivity index (χ1n) is 7.00. The summed E-state index contributed by atoms with van der Waals surface area (Å²) in [7, 11) is 0. The first-order valence-corrected chi connectivity index (χ1v) is 7.00. The molecule has 0 spiro atoms. The highest BCUT2D eigenvalue weighted by Crippen LogP contribution is 2.42. The van der Waals surface area contributed by atoms with Crippen LogP contribution in [0.4, 0.5) is 5.69 Å². The molecule has 0 saturated carbocycles. The molecule has 108 valence electrons. The van der Waals surface area contributed by atoms with E-state index < -0.39 is 11.4 Å². The number of carbonyl (C=O) groups excluding carboxylic acids is 1. The second kappa shape index (κ2) is 5.13. The lowest BCUT2D eigenvalue weighted by molar-refractivity contribution is -0.125. The molecule has 0 aromatic heterocycles. The molecule has 4 nitrogen and oxygen atoms in total. The summed E-state index contributed by atoms with van der Waals surface area (Å²) in [5, 5.41) is 3.35. The van der Waals surface area contributed by atoms with Crippen LogP contribution in [0, 0.1) is 5.92 Å². The lowest BCUT2D eigenvalue weighted by atomic mass is 9.76. The molecule has 0 aliphatic carbocycles. The lowest BCUT2D eigenvalue weighted by Gasteiger charge is -2.42. The SMILES string of the molecule is CC1COc2ccccc2C1(Nc1ccccc1)C(N)=O. The minimum Gasteiger partial charge on any atom is -0.493 e. The average Bonchev–Trinajstić information content (AvgIpc) is 2.51. The molecule has 21 heavy (non-hydrogen) atoms. The Kier molecular flexibility index (Phi) is 3.29. The number of para-hydroxylation sites is 2. The van der Waals surface area contributed by atoms with E-state index in [1.807, 2.05) is 61.5 Å². The van der Waals surface area contributed by atoms with Crippen LogP contribution in [0.25, 0.3) is 0 Å². The van der Waals surface area contributed by atoms with E-state index >= 15 is 0 Å². The molecule has 1 aliphatic rings. The predicted octanol–water partition coefficient (Wildman–Crippen LogP) is 2.51. The number of ether oxygens (including phenoxy) is 1. The molecule has 2 unspecified atom stereocenters. The number of hydrogen-bond acceptors (Lipinski definition) is 3. The zero-order valence-corrected chi connectivity index (χ0v) is 11.9. The maximum absolute atomic E-state index is 12.4. The average molecular weight is 282 g/mol. The number of rotatable bonds is 3. The number of primary amides is 1. The van der Waals surface area contributed by atoms with Crippen molar-refractivity contribution in [2.75, 3.05) is 11.9 Å². The first-order chi connectivity index (χ1) is 10.1. The smallest absolute Gasteiger partial charge is 0.248 e. The molecular formula is C17H18N2O2. The standard InChI is InChI=1S/C17H18N2O2/c1-12-11-21-15-10-6-5-9-14(15)17(12,16(18)20)19-13-7-3-2-4-8-13/h2-10,12,19H,11H2,1H3,(H2,18,20). The largest absolute Gasteiger partial charge is 0.493 e. The van der Waals surface area contributed by atoms with Crippen LogP contribution in [-0.2, 0) is 10.3 Å². The third-order valence-corrected chi connectivity index (χ3v) is 4.04. The van der Waals surface area contributed by atoms with E-state index in [1.54, 1.807) is 0 Å². The molecular weight excluding hydrogens is 264 g/mol. The molecule has 1 aliphatic heterocycles. The number of carbonyl (C=O) groups is 1. The molecule has 2 atom stereocenters. The second-order valence-electron chi connectivity index (χ2n) is 5.37. The van der Waals surface area contributed by atoms with E-state index in [2.05, 4.69) is 5.32 Å². The van der Waals surface area contributed by atoms with E-state index in [1.165, 1.54) is 0 Å². The van der Waals surface area contributed by atoms with Crippen LogP contribution in [0.15, 0.2) is 54.6 Å². The van der Waals surface area contributed by atoms with Crippen molar-refractivity contribution in [2.45, 2.75) is 12.5 Å². The zero-order valence-electron chi connectivity index (χ0n) is 11.9. The Morgan fingerprint density at radius 3 is 2.57 bits per heavy atom. The Bertz CT molecular complexity index is 657. The summed E-state index contributed by atoms with van der Waals surface area (Å²) in [5.41, 5.74) is 6.49. The highest BCUT2D eigenvalue weighted by Gasteiger charge is 2.48. The van der Waals surface area contributed by atoms with Crippen molar-refractivity contribution in [1.29, 1.82) is 0 Å². The summed E-state index contributed by atoms with van der Waals surface area (Å²) in [4.78, 5) is 12.4. The van der Waals surface area contributed by atoms with Crippen LogP contribution < -0.4 is 15.8 Å².